The second-order valence-corrected chi connectivity index (χ2v) is 16.9. The van der Waals surface area contributed by atoms with Crippen LogP contribution in [0.3, 0.4) is 0 Å². The van der Waals surface area contributed by atoms with Gasteiger partial charge in [0.25, 0.3) is 0 Å². The second kappa shape index (κ2) is 14.2. The van der Waals surface area contributed by atoms with Crippen molar-refractivity contribution in [3.63, 3.8) is 0 Å². The molecule has 4 aromatic heterocycles. The van der Waals surface area contributed by atoms with Crippen LogP contribution in [0.15, 0.2) is 182 Å². The first-order valence-corrected chi connectivity index (χ1v) is 21.5. The molecule has 0 aliphatic carbocycles. The average molecular weight is 798 g/mol. The molecule has 0 fully saturated rings. The molecule has 0 radical (unpaired) electrons. The molecule has 0 saturated heterocycles. The minimum Gasteiger partial charge on any atom is -0.309 e. The van der Waals surface area contributed by atoms with E-state index in [9.17, 15) is 0 Å². The molecule has 12 rings (SSSR count). The van der Waals surface area contributed by atoms with Crippen molar-refractivity contribution in [1.82, 2.24) is 23.7 Å². The standard InChI is InChI=1S/C57H43N5/c1-36-20-26-56-50(28-36)48-14-6-10-18-54(48)61(56)44-32-40(33-45(35-44)62-55-19-11-7-15-49(55)51-29-37(2)21-27-57(51)62)31-42-34-41(58-38(3)59-42)30-39-22-24-43(25-23-39)60-52-16-8-4-12-46(52)47-13-5-9-17-53(47)60/h4-29,32-35H,30-31H2,1-3H3. The van der Waals surface area contributed by atoms with Crippen molar-refractivity contribution < 1.29 is 0 Å². The van der Waals surface area contributed by atoms with Crippen molar-refractivity contribution in [1.29, 1.82) is 0 Å². The first kappa shape index (κ1) is 36.1. The zero-order valence-electron chi connectivity index (χ0n) is 35.0. The molecule has 0 bridgehead atoms. The monoisotopic (exact) mass is 797 g/mol. The summed E-state index contributed by atoms with van der Waals surface area (Å²) in [6.07, 6.45) is 1.38. The normalized spacial score (nSPS) is 11.9. The van der Waals surface area contributed by atoms with E-state index in [1.165, 1.54) is 87.7 Å². The first-order valence-electron chi connectivity index (χ1n) is 21.5. The van der Waals surface area contributed by atoms with E-state index in [4.69, 9.17) is 9.97 Å². The number of aryl methyl sites for hydroxylation is 3. The minimum absolute atomic E-state index is 0.663. The third-order valence-electron chi connectivity index (χ3n) is 12.6. The smallest absolute Gasteiger partial charge is 0.125 e. The Hall–Kier alpha value is -7.76. The molecule has 4 heterocycles. The number of para-hydroxylation sites is 4. The second-order valence-electron chi connectivity index (χ2n) is 16.9. The third-order valence-corrected chi connectivity index (χ3v) is 12.6. The molecule has 0 saturated carbocycles. The van der Waals surface area contributed by atoms with Crippen LogP contribution in [0, 0.1) is 20.8 Å². The number of hydrogen-bond donors (Lipinski definition) is 0. The van der Waals surface area contributed by atoms with Gasteiger partial charge in [0.15, 0.2) is 0 Å². The van der Waals surface area contributed by atoms with Crippen molar-refractivity contribution in [3.05, 3.63) is 221 Å². The Morgan fingerprint density at radius 2 is 0.710 bits per heavy atom. The lowest BCUT2D eigenvalue weighted by molar-refractivity contribution is 0.915. The SMILES string of the molecule is Cc1ccc2c(c1)c1ccccc1n2-c1cc(Cc2cc(Cc3ccc(-n4c5ccccc5c5ccccc54)cc3)nc(C)n2)cc(-n2c3ccccc3c3cc(C)ccc32)c1. The molecule has 62 heavy (non-hydrogen) atoms. The highest BCUT2D eigenvalue weighted by Crippen LogP contribution is 2.37. The van der Waals surface area contributed by atoms with Crippen LogP contribution in [0.1, 0.15) is 39.5 Å². The van der Waals surface area contributed by atoms with Gasteiger partial charge in [-0.25, -0.2) is 9.97 Å². The van der Waals surface area contributed by atoms with Crippen LogP contribution in [0.4, 0.5) is 0 Å². The summed E-state index contributed by atoms with van der Waals surface area (Å²) in [4.78, 5) is 10.0. The Balaban J connectivity index is 0.961. The molecule has 12 aromatic rings. The molecular formula is C57H43N5. The summed E-state index contributed by atoms with van der Waals surface area (Å²) >= 11 is 0. The van der Waals surface area contributed by atoms with Gasteiger partial charge >= 0.3 is 0 Å². The minimum atomic E-state index is 0.663. The summed E-state index contributed by atoms with van der Waals surface area (Å²) in [5.41, 5.74) is 17.5. The fraction of sp³-hybridized carbons (Fsp3) is 0.0877. The molecule has 8 aromatic carbocycles. The van der Waals surface area contributed by atoms with Crippen LogP contribution < -0.4 is 0 Å². The van der Waals surface area contributed by atoms with Gasteiger partial charge in [0.05, 0.1) is 33.1 Å². The molecule has 0 atom stereocenters. The van der Waals surface area contributed by atoms with Crippen molar-refractivity contribution in [2.24, 2.45) is 0 Å². The third kappa shape index (κ3) is 5.92. The number of fused-ring (bicyclic) bond motifs is 9. The van der Waals surface area contributed by atoms with E-state index in [1.807, 2.05) is 6.92 Å². The van der Waals surface area contributed by atoms with Gasteiger partial charge in [0.1, 0.15) is 5.82 Å². The summed E-state index contributed by atoms with van der Waals surface area (Å²) in [6, 6.07) is 66.8. The van der Waals surface area contributed by atoms with Crippen LogP contribution in [0.5, 0.6) is 0 Å². The van der Waals surface area contributed by atoms with E-state index in [1.54, 1.807) is 0 Å². The van der Waals surface area contributed by atoms with Crippen molar-refractivity contribution in [3.8, 4) is 17.1 Å². The Morgan fingerprint density at radius 1 is 0.323 bits per heavy atom. The zero-order chi connectivity index (χ0) is 41.5. The molecule has 0 amide bonds. The van der Waals surface area contributed by atoms with E-state index in [0.717, 1.165) is 40.7 Å². The Kier molecular flexibility index (Phi) is 8.26. The molecular weight excluding hydrogens is 755 g/mol. The summed E-state index contributed by atoms with van der Waals surface area (Å²) in [5, 5.41) is 7.57. The van der Waals surface area contributed by atoms with Gasteiger partial charge in [-0.2, -0.15) is 0 Å². The molecule has 0 aliphatic heterocycles. The maximum Gasteiger partial charge on any atom is 0.125 e. The first-order chi connectivity index (χ1) is 30.4. The van der Waals surface area contributed by atoms with E-state index >= 15 is 0 Å². The molecule has 0 unspecified atom stereocenters. The Labute approximate surface area is 359 Å². The highest BCUT2D eigenvalue weighted by atomic mass is 15.0. The molecule has 5 nitrogen and oxygen atoms in total. The highest BCUT2D eigenvalue weighted by Gasteiger charge is 2.18. The quantitative estimate of drug-likeness (QED) is 0.161. The maximum atomic E-state index is 5.05. The van der Waals surface area contributed by atoms with Crippen LogP contribution in [-0.2, 0) is 12.8 Å². The van der Waals surface area contributed by atoms with Gasteiger partial charge in [-0.05, 0) is 117 Å². The lowest BCUT2D eigenvalue weighted by atomic mass is 10.0. The number of benzene rings is 8. The average Bonchev–Trinajstić information content (AvgIpc) is 3.92. The van der Waals surface area contributed by atoms with Gasteiger partial charge < -0.3 is 13.7 Å². The fourth-order valence-electron chi connectivity index (χ4n) is 10.0. The largest absolute Gasteiger partial charge is 0.309 e. The Bertz CT molecular complexity index is 3540. The number of hydrogen-bond acceptors (Lipinski definition) is 2. The fourth-order valence-corrected chi connectivity index (χ4v) is 10.0. The molecule has 5 heteroatoms. The van der Waals surface area contributed by atoms with Gasteiger partial charge in [-0.3, -0.25) is 0 Å². The van der Waals surface area contributed by atoms with Crippen molar-refractivity contribution in [2.75, 3.05) is 0 Å². The van der Waals surface area contributed by atoms with Gasteiger partial charge in [-0.15, -0.1) is 0 Å². The summed E-state index contributed by atoms with van der Waals surface area (Å²) in [7, 11) is 0. The topological polar surface area (TPSA) is 40.6 Å². The summed E-state index contributed by atoms with van der Waals surface area (Å²) in [5.74, 6) is 0.784. The summed E-state index contributed by atoms with van der Waals surface area (Å²) in [6.45, 7) is 6.36. The number of nitrogens with zero attached hydrogens (tertiary/aromatic N) is 5. The molecule has 296 valence electrons. The molecule has 0 aliphatic rings. The van der Waals surface area contributed by atoms with Crippen LogP contribution in [0.25, 0.3) is 82.5 Å². The lowest BCUT2D eigenvalue weighted by Gasteiger charge is -2.16. The van der Waals surface area contributed by atoms with Crippen LogP contribution in [0.2, 0.25) is 0 Å². The van der Waals surface area contributed by atoms with E-state index in [-0.39, 0.29) is 0 Å². The molecule has 0 spiro atoms. The van der Waals surface area contributed by atoms with E-state index in [2.05, 4.69) is 210 Å². The van der Waals surface area contributed by atoms with Crippen LogP contribution in [-0.4, -0.2) is 23.7 Å². The zero-order valence-corrected chi connectivity index (χ0v) is 35.0. The van der Waals surface area contributed by atoms with Gasteiger partial charge in [-0.1, -0.05) is 108 Å². The summed E-state index contributed by atoms with van der Waals surface area (Å²) < 4.78 is 7.24. The van der Waals surface area contributed by atoms with Crippen molar-refractivity contribution >= 4 is 65.4 Å². The van der Waals surface area contributed by atoms with Crippen LogP contribution >= 0.6 is 0 Å². The van der Waals surface area contributed by atoms with E-state index in [0.29, 0.717) is 6.42 Å². The maximum absolute atomic E-state index is 5.05. The molecule has 0 N–H and O–H groups in total. The van der Waals surface area contributed by atoms with E-state index < -0.39 is 0 Å². The number of aromatic nitrogens is 5. The predicted octanol–water partition coefficient (Wildman–Crippen LogP) is 13.9. The lowest BCUT2D eigenvalue weighted by Crippen LogP contribution is -2.05. The predicted molar refractivity (Wildman–Crippen MR) is 258 cm³/mol. The van der Waals surface area contributed by atoms with Gasteiger partial charge in [0, 0.05) is 73.6 Å². The van der Waals surface area contributed by atoms with Gasteiger partial charge in [0.2, 0.25) is 0 Å². The highest BCUT2D eigenvalue weighted by molar-refractivity contribution is 6.11. The Morgan fingerprint density at radius 3 is 1.18 bits per heavy atom. The number of rotatable bonds is 7. The van der Waals surface area contributed by atoms with Crippen molar-refractivity contribution in [2.45, 2.75) is 33.6 Å².